The van der Waals surface area contributed by atoms with Crippen LogP contribution in [0.2, 0.25) is 0 Å². The van der Waals surface area contributed by atoms with E-state index >= 15 is 0 Å². The summed E-state index contributed by atoms with van der Waals surface area (Å²) in [5, 5.41) is 8.24. The average molecular weight is 288 g/mol. The molecule has 4 nitrogen and oxygen atoms in total. The van der Waals surface area contributed by atoms with E-state index in [1.54, 1.807) is 0 Å². The van der Waals surface area contributed by atoms with Crippen LogP contribution in [0.5, 0.6) is 0 Å². The molecule has 0 rings (SSSR count). The second-order valence-electron chi connectivity index (χ2n) is 2.06. The fourth-order valence-corrected chi connectivity index (χ4v) is 0.847. The molecule has 0 heterocycles. The van der Waals surface area contributed by atoms with Crippen molar-refractivity contribution in [1.29, 1.82) is 0 Å². The van der Waals surface area contributed by atoms with E-state index in [1.165, 1.54) is 0 Å². The first-order chi connectivity index (χ1) is 5.77. The van der Waals surface area contributed by atoms with Crippen LogP contribution in [0, 0.1) is 0 Å². The van der Waals surface area contributed by atoms with Crippen LogP contribution in [0.1, 0.15) is 6.42 Å². The summed E-state index contributed by atoms with van der Waals surface area (Å²) in [6.07, 6.45) is 0.0618. The van der Waals surface area contributed by atoms with Gasteiger partial charge in [0.2, 0.25) is 0 Å². The van der Waals surface area contributed by atoms with Gasteiger partial charge in [-0.1, -0.05) is 22.6 Å². The highest BCUT2D eigenvalue weighted by molar-refractivity contribution is 14.1. The second-order valence-corrected chi connectivity index (χ2v) is 3.14. The molecule has 1 N–H and O–H groups in total. The van der Waals surface area contributed by atoms with E-state index in [4.69, 9.17) is 14.6 Å². The van der Waals surface area contributed by atoms with Gasteiger partial charge in [0.15, 0.2) is 0 Å². The summed E-state index contributed by atoms with van der Waals surface area (Å²) in [7, 11) is 0. The molecule has 0 saturated heterocycles. The van der Waals surface area contributed by atoms with Crippen LogP contribution in [0.25, 0.3) is 0 Å². The molecule has 0 fully saturated rings. The fraction of sp³-hybridized carbons (Fsp3) is 0.857. The number of carbonyl (C=O) groups is 1. The molecule has 0 unspecified atom stereocenters. The van der Waals surface area contributed by atoms with Gasteiger partial charge in [-0.05, 0) is 0 Å². The monoisotopic (exact) mass is 288 g/mol. The number of hydrogen-bond donors (Lipinski definition) is 1. The zero-order valence-electron chi connectivity index (χ0n) is 6.79. The summed E-state index contributed by atoms with van der Waals surface area (Å²) in [5.74, 6) is -0.830. The normalized spacial score (nSPS) is 10.1. The number of aliphatic carboxylic acids is 1. The third-order valence-corrected chi connectivity index (χ3v) is 1.49. The number of carboxylic acids is 1. The molecule has 0 amide bonds. The Labute approximate surface area is 85.4 Å². The fourth-order valence-electron chi connectivity index (χ4n) is 0.536. The highest BCUT2D eigenvalue weighted by atomic mass is 127. The van der Waals surface area contributed by atoms with Crippen LogP contribution >= 0.6 is 22.6 Å². The lowest BCUT2D eigenvalue weighted by atomic mass is 10.5. The Balaban J connectivity index is 2.86. The molecular formula is C7H13IO4. The quantitative estimate of drug-likeness (QED) is 0.410. The molecule has 5 heteroatoms. The van der Waals surface area contributed by atoms with Crippen LogP contribution in [0.3, 0.4) is 0 Å². The lowest BCUT2D eigenvalue weighted by Crippen LogP contribution is -2.08. The van der Waals surface area contributed by atoms with Gasteiger partial charge in [-0.25, -0.2) is 0 Å². The molecule has 0 saturated carbocycles. The number of ether oxygens (including phenoxy) is 2. The van der Waals surface area contributed by atoms with Gasteiger partial charge in [-0.3, -0.25) is 4.79 Å². The van der Waals surface area contributed by atoms with Crippen LogP contribution in [0.4, 0.5) is 0 Å². The van der Waals surface area contributed by atoms with Gasteiger partial charge >= 0.3 is 5.97 Å². The van der Waals surface area contributed by atoms with Crippen molar-refractivity contribution in [3.05, 3.63) is 0 Å². The third kappa shape index (κ3) is 10.1. The van der Waals surface area contributed by atoms with Crippen LogP contribution in [-0.2, 0) is 14.3 Å². The molecule has 0 spiro atoms. The topological polar surface area (TPSA) is 55.8 Å². The summed E-state index contributed by atoms with van der Waals surface area (Å²) in [5.41, 5.74) is 0. The number of halogens is 1. The Morgan fingerprint density at radius 3 is 2.25 bits per heavy atom. The maximum atomic E-state index is 10.0. The van der Waals surface area contributed by atoms with Crippen molar-refractivity contribution < 1.29 is 19.4 Å². The van der Waals surface area contributed by atoms with Crippen molar-refractivity contribution in [2.24, 2.45) is 0 Å². The first-order valence-electron chi connectivity index (χ1n) is 3.70. The zero-order valence-corrected chi connectivity index (χ0v) is 8.95. The lowest BCUT2D eigenvalue weighted by molar-refractivity contribution is -0.138. The molecule has 0 aromatic carbocycles. The minimum Gasteiger partial charge on any atom is -0.481 e. The minimum absolute atomic E-state index is 0.0618. The van der Waals surface area contributed by atoms with E-state index in [1.807, 2.05) is 0 Å². The molecule has 0 aliphatic rings. The summed E-state index contributed by atoms with van der Waals surface area (Å²) in [6, 6.07) is 0. The van der Waals surface area contributed by atoms with Gasteiger partial charge < -0.3 is 14.6 Å². The van der Waals surface area contributed by atoms with Crippen LogP contribution in [0.15, 0.2) is 0 Å². The first-order valence-corrected chi connectivity index (χ1v) is 5.23. The highest BCUT2D eigenvalue weighted by Crippen LogP contribution is 1.85. The molecule has 0 aliphatic carbocycles. The largest absolute Gasteiger partial charge is 0.481 e. The van der Waals surface area contributed by atoms with Crippen molar-refractivity contribution in [3.8, 4) is 0 Å². The number of rotatable bonds is 8. The van der Waals surface area contributed by atoms with Gasteiger partial charge in [0.25, 0.3) is 0 Å². The Morgan fingerprint density at radius 2 is 1.75 bits per heavy atom. The number of alkyl halides is 1. The molecule has 0 aromatic heterocycles. The maximum absolute atomic E-state index is 10.0. The van der Waals surface area contributed by atoms with E-state index in [-0.39, 0.29) is 13.0 Å². The smallest absolute Gasteiger partial charge is 0.305 e. The first kappa shape index (κ1) is 12.1. The third-order valence-electron chi connectivity index (χ3n) is 1.05. The average Bonchev–Trinajstić information content (AvgIpc) is 2.02. The lowest BCUT2D eigenvalue weighted by Gasteiger charge is -2.02. The van der Waals surface area contributed by atoms with Crippen molar-refractivity contribution in [2.75, 3.05) is 30.9 Å². The maximum Gasteiger partial charge on any atom is 0.305 e. The molecule has 72 valence electrons. The molecular weight excluding hydrogens is 275 g/mol. The van der Waals surface area contributed by atoms with E-state index in [9.17, 15) is 4.79 Å². The van der Waals surface area contributed by atoms with Crippen molar-refractivity contribution in [3.63, 3.8) is 0 Å². The van der Waals surface area contributed by atoms with Crippen LogP contribution in [-0.4, -0.2) is 41.9 Å². The summed E-state index contributed by atoms with van der Waals surface area (Å²) in [6.45, 7) is 2.01. The predicted octanol–water partition coefficient (Wildman–Crippen LogP) is 0.929. The number of hydrogen-bond acceptors (Lipinski definition) is 3. The van der Waals surface area contributed by atoms with E-state index in [2.05, 4.69) is 22.6 Å². The van der Waals surface area contributed by atoms with E-state index < -0.39 is 5.97 Å². The minimum atomic E-state index is -0.830. The van der Waals surface area contributed by atoms with Gasteiger partial charge in [0, 0.05) is 4.43 Å². The summed E-state index contributed by atoms with van der Waals surface area (Å²) in [4.78, 5) is 10.0. The van der Waals surface area contributed by atoms with Crippen molar-refractivity contribution in [1.82, 2.24) is 0 Å². The predicted molar refractivity (Wildman–Crippen MR) is 52.8 cm³/mol. The highest BCUT2D eigenvalue weighted by Gasteiger charge is 1.95. The Hall–Kier alpha value is 0.120. The Morgan fingerprint density at radius 1 is 1.17 bits per heavy atom. The molecule has 0 radical (unpaired) electrons. The van der Waals surface area contributed by atoms with Gasteiger partial charge in [-0.2, -0.15) is 0 Å². The van der Waals surface area contributed by atoms with E-state index in [0.717, 1.165) is 11.0 Å². The van der Waals surface area contributed by atoms with Gasteiger partial charge in [0.05, 0.1) is 32.8 Å². The zero-order chi connectivity index (χ0) is 9.23. The summed E-state index contributed by atoms with van der Waals surface area (Å²) >= 11 is 2.22. The molecule has 0 atom stereocenters. The Bertz CT molecular complexity index is 118. The van der Waals surface area contributed by atoms with Gasteiger partial charge in [-0.15, -0.1) is 0 Å². The second kappa shape index (κ2) is 9.21. The standard InChI is InChI=1S/C7H13IO4/c8-2-4-12-6-5-11-3-1-7(9)10/h1-6H2,(H,9,10). The molecule has 0 aromatic rings. The summed E-state index contributed by atoms with van der Waals surface area (Å²) < 4.78 is 11.1. The van der Waals surface area contributed by atoms with E-state index in [0.29, 0.717) is 13.2 Å². The van der Waals surface area contributed by atoms with Crippen LogP contribution < -0.4 is 0 Å². The van der Waals surface area contributed by atoms with Gasteiger partial charge in [0.1, 0.15) is 0 Å². The van der Waals surface area contributed by atoms with Crippen molar-refractivity contribution >= 4 is 28.6 Å². The number of carboxylic acid groups (broad SMARTS) is 1. The SMILES string of the molecule is O=C(O)CCOCCOCCI. The van der Waals surface area contributed by atoms with Crippen molar-refractivity contribution in [2.45, 2.75) is 6.42 Å². The Kier molecular flexibility index (Phi) is 9.30. The molecule has 0 bridgehead atoms. The molecule has 12 heavy (non-hydrogen) atoms. The molecule has 0 aliphatic heterocycles.